The molecule has 0 bridgehead atoms. The summed E-state index contributed by atoms with van der Waals surface area (Å²) in [6, 6.07) is 10.1. The number of hydrogen-bond donors (Lipinski definition) is 1. The summed E-state index contributed by atoms with van der Waals surface area (Å²) in [5, 5.41) is 3.00. The quantitative estimate of drug-likeness (QED) is 0.498. The lowest BCUT2D eigenvalue weighted by molar-refractivity contribution is -0.158. The van der Waals surface area contributed by atoms with Gasteiger partial charge in [-0.15, -0.1) is 0 Å². The molecule has 2 aromatic carbocycles. The van der Waals surface area contributed by atoms with Crippen LogP contribution in [-0.4, -0.2) is 33.6 Å². The fraction of sp³-hybridized carbons (Fsp3) is 0.182. The normalized spacial score (nSPS) is 16.5. The molecule has 1 unspecified atom stereocenters. The SMILES string of the molecule is O=C1CC(C(F)(F)F)N(C(=O)Cn2cnc3c(oc4ccccc43)c2=O)c2ccccc2N1. The number of anilines is 2. The third-order valence-electron chi connectivity index (χ3n) is 5.43. The second-order valence-electron chi connectivity index (χ2n) is 7.54. The molecule has 1 aliphatic heterocycles. The fourth-order valence-corrected chi connectivity index (χ4v) is 3.95. The Morgan fingerprint density at radius 3 is 2.64 bits per heavy atom. The van der Waals surface area contributed by atoms with Crippen LogP contribution in [0.4, 0.5) is 24.5 Å². The van der Waals surface area contributed by atoms with Crippen LogP contribution >= 0.6 is 0 Å². The molecule has 0 radical (unpaired) electrons. The Morgan fingerprint density at radius 2 is 1.85 bits per heavy atom. The number of amides is 2. The van der Waals surface area contributed by atoms with Crippen LogP contribution < -0.4 is 15.8 Å². The minimum absolute atomic E-state index is 0.0702. The maximum atomic E-state index is 13.9. The summed E-state index contributed by atoms with van der Waals surface area (Å²) < 4.78 is 48.1. The number of furan rings is 1. The summed E-state index contributed by atoms with van der Waals surface area (Å²) in [4.78, 5) is 42.9. The van der Waals surface area contributed by atoms with E-state index < -0.39 is 42.6 Å². The van der Waals surface area contributed by atoms with Crippen molar-refractivity contribution in [2.45, 2.75) is 25.2 Å². The minimum atomic E-state index is -4.88. The van der Waals surface area contributed by atoms with Gasteiger partial charge in [-0.3, -0.25) is 23.9 Å². The molecule has 5 rings (SSSR count). The second-order valence-corrected chi connectivity index (χ2v) is 7.54. The van der Waals surface area contributed by atoms with Crippen LogP contribution in [-0.2, 0) is 16.1 Å². The van der Waals surface area contributed by atoms with Crippen LogP contribution in [0, 0.1) is 0 Å². The second kappa shape index (κ2) is 7.47. The van der Waals surface area contributed by atoms with Crippen molar-refractivity contribution in [3.8, 4) is 0 Å². The largest absolute Gasteiger partial charge is 0.448 e. The zero-order valence-corrected chi connectivity index (χ0v) is 16.8. The Hall–Kier alpha value is -4.15. The first-order valence-corrected chi connectivity index (χ1v) is 9.88. The van der Waals surface area contributed by atoms with Gasteiger partial charge in [0.15, 0.2) is 0 Å². The zero-order valence-electron chi connectivity index (χ0n) is 16.8. The Morgan fingerprint density at radius 1 is 1.12 bits per heavy atom. The third kappa shape index (κ3) is 3.51. The van der Waals surface area contributed by atoms with E-state index >= 15 is 0 Å². The lowest BCUT2D eigenvalue weighted by atomic mass is 10.1. The molecule has 33 heavy (non-hydrogen) atoms. The number of nitrogens with one attached hydrogen (secondary N) is 1. The van der Waals surface area contributed by atoms with Gasteiger partial charge in [0.2, 0.25) is 17.4 Å². The van der Waals surface area contributed by atoms with Gasteiger partial charge >= 0.3 is 6.18 Å². The molecule has 8 nitrogen and oxygen atoms in total. The minimum Gasteiger partial charge on any atom is -0.448 e. The molecule has 0 fully saturated rings. The van der Waals surface area contributed by atoms with Gasteiger partial charge in [0, 0.05) is 5.39 Å². The highest BCUT2D eigenvalue weighted by Crippen LogP contribution is 2.37. The van der Waals surface area contributed by atoms with Crippen molar-refractivity contribution in [2.75, 3.05) is 10.2 Å². The number of benzene rings is 2. The summed E-state index contributed by atoms with van der Waals surface area (Å²) >= 11 is 0. The van der Waals surface area contributed by atoms with Crippen LogP contribution in [0.5, 0.6) is 0 Å². The highest BCUT2D eigenvalue weighted by molar-refractivity contribution is 6.05. The van der Waals surface area contributed by atoms with Crippen molar-refractivity contribution in [1.82, 2.24) is 9.55 Å². The fourth-order valence-electron chi connectivity index (χ4n) is 3.95. The molecule has 0 aliphatic carbocycles. The van der Waals surface area contributed by atoms with Crippen molar-refractivity contribution >= 4 is 45.3 Å². The van der Waals surface area contributed by atoms with Gasteiger partial charge in [-0.1, -0.05) is 24.3 Å². The molecule has 0 spiro atoms. The smallest absolute Gasteiger partial charge is 0.409 e. The summed E-state index contributed by atoms with van der Waals surface area (Å²) in [5.41, 5.74) is -0.133. The number of alkyl halides is 3. The topological polar surface area (TPSA) is 97.4 Å². The van der Waals surface area contributed by atoms with Gasteiger partial charge in [0.05, 0.1) is 24.1 Å². The third-order valence-corrected chi connectivity index (χ3v) is 5.43. The predicted octanol–water partition coefficient (Wildman–Crippen LogP) is 3.45. The molecule has 0 saturated heterocycles. The van der Waals surface area contributed by atoms with Gasteiger partial charge in [-0.05, 0) is 24.3 Å². The molecule has 2 amide bonds. The number of aromatic nitrogens is 2. The van der Waals surface area contributed by atoms with E-state index in [2.05, 4.69) is 10.3 Å². The highest BCUT2D eigenvalue weighted by Gasteiger charge is 2.49. The molecular formula is C22H15F3N4O4. The monoisotopic (exact) mass is 456 g/mol. The summed E-state index contributed by atoms with van der Waals surface area (Å²) in [6.07, 6.45) is -4.75. The first-order valence-electron chi connectivity index (χ1n) is 9.88. The van der Waals surface area contributed by atoms with E-state index in [4.69, 9.17) is 4.42 Å². The lowest BCUT2D eigenvalue weighted by Gasteiger charge is -2.31. The van der Waals surface area contributed by atoms with Gasteiger partial charge in [0.1, 0.15) is 23.7 Å². The van der Waals surface area contributed by atoms with E-state index in [1.165, 1.54) is 24.3 Å². The van der Waals surface area contributed by atoms with Crippen molar-refractivity contribution < 1.29 is 27.2 Å². The average molecular weight is 456 g/mol. The number of carbonyl (C=O) groups is 2. The van der Waals surface area contributed by atoms with Gasteiger partial charge in [-0.2, -0.15) is 13.2 Å². The lowest BCUT2D eigenvalue weighted by Crippen LogP contribution is -2.51. The Bertz CT molecular complexity index is 1470. The van der Waals surface area contributed by atoms with Crippen molar-refractivity contribution in [3.05, 3.63) is 65.2 Å². The van der Waals surface area contributed by atoms with Gasteiger partial charge in [-0.25, -0.2) is 4.98 Å². The first-order chi connectivity index (χ1) is 15.7. The number of nitrogens with zero attached hydrogens (tertiary/aromatic N) is 3. The molecule has 4 aromatic rings. The standard InChI is InChI=1S/C22H15F3N4O4/c23-22(24,25)16-9-17(30)27-13-6-2-3-7-14(13)29(16)18(31)10-28-11-26-19-12-5-1-4-8-15(12)33-20(19)21(28)32/h1-8,11,16H,9-10H2,(H,27,30). The van der Waals surface area contributed by atoms with E-state index in [1.54, 1.807) is 24.3 Å². The van der Waals surface area contributed by atoms with Crippen LogP contribution in [0.2, 0.25) is 0 Å². The van der Waals surface area contributed by atoms with E-state index in [-0.39, 0.29) is 17.0 Å². The van der Waals surface area contributed by atoms with Crippen LogP contribution in [0.1, 0.15) is 6.42 Å². The number of halogens is 3. The molecule has 3 heterocycles. The molecule has 2 aromatic heterocycles. The van der Waals surface area contributed by atoms with Crippen molar-refractivity contribution in [2.24, 2.45) is 0 Å². The van der Waals surface area contributed by atoms with Crippen molar-refractivity contribution in [1.29, 1.82) is 0 Å². The number of para-hydroxylation sites is 3. The molecule has 11 heteroatoms. The number of carbonyl (C=O) groups excluding carboxylic acids is 2. The Balaban J connectivity index is 1.58. The van der Waals surface area contributed by atoms with E-state index in [1.807, 2.05) is 0 Å². The average Bonchev–Trinajstić information content (AvgIpc) is 3.07. The summed E-state index contributed by atoms with van der Waals surface area (Å²) in [6.45, 7) is -0.728. The molecule has 1 aliphatic rings. The maximum Gasteiger partial charge on any atom is 0.409 e. The molecular weight excluding hydrogens is 441 g/mol. The highest BCUT2D eigenvalue weighted by atomic mass is 19.4. The number of hydrogen-bond acceptors (Lipinski definition) is 5. The Kier molecular flexibility index (Phi) is 4.69. The van der Waals surface area contributed by atoms with Crippen LogP contribution in [0.15, 0.2) is 64.1 Å². The predicted molar refractivity (Wildman–Crippen MR) is 113 cm³/mol. The summed E-state index contributed by atoms with van der Waals surface area (Å²) in [7, 11) is 0. The number of fused-ring (bicyclic) bond motifs is 4. The van der Waals surface area contributed by atoms with E-state index in [0.717, 1.165) is 10.9 Å². The number of rotatable bonds is 2. The molecule has 0 saturated carbocycles. The first kappa shape index (κ1) is 20.7. The molecule has 1 N–H and O–H groups in total. The van der Waals surface area contributed by atoms with E-state index in [0.29, 0.717) is 21.4 Å². The zero-order chi connectivity index (χ0) is 23.3. The van der Waals surface area contributed by atoms with Crippen molar-refractivity contribution in [3.63, 3.8) is 0 Å². The van der Waals surface area contributed by atoms with Gasteiger partial charge < -0.3 is 9.73 Å². The van der Waals surface area contributed by atoms with Crippen LogP contribution in [0.25, 0.3) is 22.1 Å². The summed E-state index contributed by atoms with van der Waals surface area (Å²) in [5.74, 6) is -1.90. The maximum absolute atomic E-state index is 13.9. The molecule has 1 atom stereocenters. The van der Waals surface area contributed by atoms with E-state index in [9.17, 15) is 27.6 Å². The van der Waals surface area contributed by atoms with Gasteiger partial charge in [0.25, 0.3) is 5.56 Å². The Labute approximate surface area is 183 Å². The van der Waals surface area contributed by atoms with Crippen LogP contribution in [0.3, 0.4) is 0 Å². The molecule has 168 valence electrons.